The summed E-state index contributed by atoms with van der Waals surface area (Å²) in [5, 5.41) is 8.32. The van der Waals surface area contributed by atoms with Gasteiger partial charge in [0.2, 0.25) is 17.7 Å². The maximum Gasteiger partial charge on any atom is 0.243 e. The highest BCUT2D eigenvalue weighted by Crippen LogP contribution is 2.29. The Kier molecular flexibility index (Phi) is 13.1. The number of ether oxygens (including phenoxy) is 1. The van der Waals surface area contributed by atoms with Crippen LogP contribution >= 0.6 is 0 Å². The van der Waals surface area contributed by atoms with Crippen molar-refractivity contribution in [2.24, 2.45) is 11.8 Å². The number of ketones is 1. The van der Waals surface area contributed by atoms with Crippen LogP contribution in [0.3, 0.4) is 0 Å². The number of unbranched alkanes of at least 4 members (excludes halogenated alkanes) is 2. The van der Waals surface area contributed by atoms with Crippen molar-refractivity contribution in [3.05, 3.63) is 0 Å². The van der Waals surface area contributed by atoms with Crippen LogP contribution < -0.4 is 16.0 Å². The van der Waals surface area contributed by atoms with Crippen LogP contribution in [0.25, 0.3) is 0 Å². The molecule has 5 atom stereocenters. The molecule has 1 aliphatic rings. The summed E-state index contributed by atoms with van der Waals surface area (Å²) in [6.45, 7) is 11.6. The molecule has 1 heterocycles. The van der Waals surface area contributed by atoms with E-state index >= 15 is 0 Å². The third-order valence-electron chi connectivity index (χ3n) is 6.04. The lowest BCUT2D eigenvalue weighted by Crippen LogP contribution is -2.58. The molecule has 1 rings (SSSR count). The molecule has 0 spiro atoms. The molecule has 3 amide bonds. The fourth-order valence-electron chi connectivity index (χ4n) is 3.72. The first kappa shape index (κ1) is 31.2. The number of carbonyl (C=O) groups excluding carboxylic acids is 4. The van der Waals surface area contributed by atoms with Crippen molar-refractivity contribution in [1.82, 2.24) is 16.0 Å². The second-order valence-corrected chi connectivity index (χ2v) is 12.0. The predicted octanol–water partition coefficient (Wildman–Crippen LogP) is 1.85. The van der Waals surface area contributed by atoms with Gasteiger partial charge in [0.25, 0.3) is 0 Å². The van der Waals surface area contributed by atoms with Crippen molar-refractivity contribution >= 4 is 34.3 Å². The summed E-state index contributed by atoms with van der Waals surface area (Å²) in [4.78, 5) is 51.6. The van der Waals surface area contributed by atoms with E-state index in [0.29, 0.717) is 19.4 Å². The van der Waals surface area contributed by atoms with Crippen LogP contribution in [0.5, 0.6) is 0 Å². The van der Waals surface area contributed by atoms with E-state index in [1.807, 2.05) is 34.6 Å². The SMILES string of the molecule is CCCCCC(=O)N[C@H](C(=O)N[C@@H](CC[S@](C)=O)C(=O)N[C@@H](CC(C)C)C(=O)[C@]1(C)CO1)C(C)C. The summed E-state index contributed by atoms with van der Waals surface area (Å²) in [6, 6.07) is -2.54. The summed E-state index contributed by atoms with van der Waals surface area (Å²) in [6.07, 6.45) is 5.11. The Morgan fingerprint density at radius 2 is 1.57 bits per heavy atom. The van der Waals surface area contributed by atoms with Gasteiger partial charge in [-0.15, -0.1) is 0 Å². The van der Waals surface area contributed by atoms with Crippen LogP contribution in [0.15, 0.2) is 0 Å². The summed E-state index contributed by atoms with van der Waals surface area (Å²) in [5.74, 6) is -1.23. The van der Waals surface area contributed by atoms with Gasteiger partial charge in [-0.05, 0) is 38.0 Å². The molecule has 10 heteroatoms. The zero-order chi connectivity index (χ0) is 26.8. The molecule has 0 aromatic heterocycles. The molecule has 9 nitrogen and oxygen atoms in total. The van der Waals surface area contributed by atoms with Gasteiger partial charge in [-0.3, -0.25) is 23.4 Å². The Balaban J connectivity index is 2.95. The van der Waals surface area contributed by atoms with Gasteiger partial charge in [0.15, 0.2) is 5.78 Å². The first-order valence-corrected chi connectivity index (χ1v) is 14.4. The number of hydrogen-bond donors (Lipinski definition) is 3. The van der Waals surface area contributed by atoms with E-state index in [1.54, 1.807) is 6.92 Å². The number of amides is 3. The molecule has 3 N–H and O–H groups in total. The lowest BCUT2D eigenvalue weighted by Gasteiger charge is -2.27. The van der Waals surface area contributed by atoms with Crippen LogP contribution in [-0.2, 0) is 34.7 Å². The predicted molar refractivity (Wildman–Crippen MR) is 137 cm³/mol. The number of epoxide rings is 1. The van der Waals surface area contributed by atoms with Crippen molar-refractivity contribution in [1.29, 1.82) is 0 Å². The first-order chi connectivity index (χ1) is 16.3. The molecular formula is C25H45N3O6S. The molecule has 1 fully saturated rings. The van der Waals surface area contributed by atoms with E-state index in [1.165, 1.54) is 6.26 Å². The third kappa shape index (κ3) is 11.2. The molecule has 0 aliphatic carbocycles. The van der Waals surface area contributed by atoms with Gasteiger partial charge in [0.1, 0.15) is 17.7 Å². The summed E-state index contributed by atoms with van der Waals surface area (Å²) in [5.41, 5.74) is -0.888. The van der Waals surface area contributed by atoms with E-state index in [4.69, 9.17) is 4.74 Å². The van der Waals surface area contributed by atoms with Crippen LogP contribution in [0.2, 0.25) is 0 Å². The smallest absolute Gasteiger partial charge is 0.243 e. The van der Waals surface area contributed by atoms with E-state index in [2.05, 4.69) is 16.0 Å². The van der Waals surface area contributed by atoms with Gasteiger partial charge in [-0.1, -0.05) is 47.5 Å². The molecule has 35 heavy (non-hydrogen) atoms. The average molecular weight is 516 g/mol. The maximum atomic E-state index is 13.2. The second-order valence-electron chi connectivity index (χ2n) is 10.4. The average Bonchev–Trinajstić information content (AvgIpc) is 3.51. The van der Waals surface area contributed by atoms with Crippen molar-refractivity contribution in [2.75, 3.05) is 18.6 Å². The molecule has 0 aromatic carbocycles. The van der Waals surface area contributed by atoms with E-state index in [0.717, 1.165) is 19.3 Å². The van der Waals surface area contributed by atoms with Crippen molar-refractivity contribution in [3.8, 4) is 0 Å². The number of rotatable bonds is 17. The van der Waals surface area contributed by atoms with Gasteiger partial charge in [0, 0.05) is 29.2 Å². The van der Waals surface area contributed by atoms with Crippen LogP contribution in [-0.4, -0.2) is 70.1 Å². The largest absolute Gasteiger partial charge is 0.361 e. The topological polar surface area (TPSA) is 134 Å². The minimum Gasteiger partial charge on any atom is -0.361 e. The molecule has 0 radical (unpaired) electrons. The van der Waals surface area contributed by atoms with E-state index in [9.17, 15) is 23.4 Å². The molecule has 202 valence electrons. The van der Waals surface area contributed by atoms with Crippen LogP contribution in [0.1, 0.15) is 80.1 Å². The number of hydrogen-bond acceptors (Lipinski definition) is 6. The van der Waals surface area contributed by atoms with Crippen molar-refractivity contribution < 1.29 is 28.1 Å². The lowest BCUT2D eigenvalue weighted by molar-refractivity contribution is -0.135. The van der Waals surface area contributed by atoms with Crippen LogP contribution in [0, 0.1) is 11.8 Å². The van der Waals surface area contributed by atoms with Crippen molar-refractivity contribution in [2.45, 2.75) is 104 Å². The number of nitrogens with one attached hydrogen (secondary N) is 3. The van der Waals surface area contributed by atoms with E-state index in [-0.39, 0.29) is 35.7 Å². The molecule has 0 saturated carbocycles. The normalized spacial score (nSPS) is 20.6. The van der Waals surface area contributed by atoms with Gasteiger partial charge in [-0.25, -0.2) is 0 Å². The molecule has 0 bridgehead atoms. The fourth-order valence-corrected chi connectivity index (χ4v) is 4.29. The fraction of sp³-hybridized carbons (Fsp3) is 0.840. The highest BCUT2D eigenvalue weighted by molar-refractivity contribution is 7.84. The summed E-state index contributed by atoms with van der Waals surface area (Å²) in [7, 11) is -1.17. The minimum absolute atomic E-state index is 0.145. The lowest BCUT2D eigenvalue weighted by atomic mass is 9.93. The van der Waals surface area contributed by atoms with E-state index < -0.39 is 46.3 Å². The molecule has 1 saturated heterocycles. The standard InChI is InChI=1S/C25H45N3O6S/c1-8-9-10-11-20(29)28-21(17(4)5)24(32)26-18(12-13-35(7)33)23(31)27-19(14-16(2)3)22(30)25(6)15-34-25/h16-19,21H,8-15H2,1-7H3,(H,26,32)(H,27,31)(H,28,29)/t18-,19-,21-,25-,35-/m0/s1. The highest BCUT2D eigenvalue weighted by Gasteiger charge is 2.50. The van der Waals surface area contributed by atoms with Crippen molar-refractivity contribution in [3.63, 3.8) is 0 Å². The third-order valence-corrected chi connectivity index (χ3v) is 6.85. The maximum absolute atomic E-state index is 13.2. The monoisotopic (exact) mass is 515 g/mol. The molecule has 0 unspecified atom stereocenters. The summed E-state index contributed by atoms with van der Waals surface area (Å²) >= 11 is 0. The zero-order valence-corrected chi connectivity index (χ0v) is 23.2. The van der Waals surface area contributed by atoms with Gasteiger partial charge in [-0.2, -0.15) is 0 Å². The van der Waals surface area contributed by atoms with Crippen LogP contribution in [0.4, 0.5) is 0 Å². The second kappa shape index (κ2) is 14.7. The number of carbonyl (C=O) groups is 4. The van der Waals surface area contributed by atoms with Gasteiger partial charge >= 0.3 is 0 Å². The molecule has 1 aliphatic heterocycles. The highest BCUT2D eigenvalue weighted by atomic mass is 32.2. The zero-order valence-electron chi connectivity index (χ0n) is 22.4. The Morgan fingerprint density at radius 3 is 2.06 bits per heavy atom. The first-order valence-electron chi connectivity index (χ1n) is 12.7. The summed E-state index contributed by atoms with van der Waals surface area (Å²) < 4.78 is 17.0. The molecular weight excluding hydrogens is 470 g/mol. The number of Topliss-reactive ketones (excluding diaryl/α,β-unsaturated/α-hetero) is 1. The molecule has 0 aromatic rings. The Hall–Kier alpha value is -1.81. The van der Waals surface area contributed by atoms with Gasteiger partial charge < -0.3 is 20.7 Å². The van der Waals surface area contributed by atoms with Gasteiger partial charge in [0.05, 0.1) is 12.6 Å². The quantitative estimate of drug-likeness (QED) is 0.200. The Morgan fingerprint density at radius 1 is 0.971 bits per heavy atom. The minimum atomic E-state index is -1.17. The Labute approximate surface area is 212 Å². The Bertz CT molecular complexity index is 766.